The number of methoxy groups -OCH3 is 1. The summed E-state index contributed by atoms with van der Waals surface area (Å²) in [5.41, 5.74) is 4.91. The van der Waals surface area contributed by atoms with Crippen molar-refractivity contribution in [2.75, 3.05) is 12.4 Å². The van der Waals surface area contributed by atoms with Crippen molar-refractivity contribution >= 4 is 11.7 Å². The highest BCUT2D eigenvalue weighted by molar-refractivity contribution is 5.96. The maximum atomic E-state index is 12.8. The summed E-state index contributed by atoms with van der Waals surface area (Å²) < 4.78 is 6.80. The van der Waals surface area contributed by atoms with Gasteiger partial charge in [0.2, 0.25) is 5.91 Å². The zero-order valence-electron chi connectivity index (χ0n) is 18.5. The molecule has 166 valence electrons. The number of anilines is 1. The molecule has 2 aromatic heterocycles. The maximum Gasteiger partial charge on any atom is 0.252 e. The van der Waals surface area contributed by atoms with Crippen LogP contribution in [-0.4, -0.2) is 37.9 Å². The number of aryl methyl sites for hydroxylation is 2. The van der Waals surface area contributed by atoms with Crippen molar-refractivity contribution in [3.8, 4) is 28.7 Å². The third-order valence-corrected chi connectivity index (χ3v) is 5.73. The van der Waals surface area contributed by atoms with Gasteiger partial charge in [0.1, 0.15) is 5.82 Å². The van der Waals surface area contributed by atoms with Gasteiger partial charge in [0.05, 0.1) is 12.8 Å². The van der Waals surface area contributed by atoms with Crippen LogP contribution in [0, 0.1) is 13.8 Å². The summed E-state index contributed by atoms with van der Waals surface area (Å²) in [7, 11) is 1.50. The number of nitrogens with zero attached hydrogens (tertiary/aromatic N) is 4. The van der Waals surface area contributed by atoms with E-state index in [1.54, 1.807) is 16.8 Å². The van der Waals surface area contributed by atoms with Crippen molar-refractivity contribution < 1.29 is 14.6 Å². The fraction of sp³-hybridized carbons (Fsp3) is 0.200. The lowest BCUT2D eigenvalue weighted by Gasteiger charge is -2.25. The topological polar surface area (TPSA) is 102 Å². The van der Waals surface area contributed by atoms with Gasteiger partial charge in [-0.1, -0.05) is 36.4 Å². The van der Waals surface area contributed by atoms with Gasteiger partial charge in [-0.15, -0.1) is 0 Å². The molecule has 8 heteroatoms. The molecule has 1 atom stereocenters. The largest absolute Gasteiger partial charge is 0.504 e. The summed E-state index contributed by atoms with van der Waals surface area (Å²) in [5, 5.41) is 18.3. The van der Waals surface area contributed by atoms with Crippen LogP contribution in [0.1, 0.15) is 34.9 Å². The van der Waals surface area contributed by atoms with Crippen LogP contribution >= 0.6 is 0 Å². The van der Waals surface area contributed by atoms with E-state index in [0.29, 0.717) is 17.5 Å². The van der Waals surface area contributed by atoms with Crippen LogP contribution in [0.25, 0.3) is 17.2 Å². The van der Waals surface area contributed by atoms with Gasteiger partial charge in [-0.25, -0.2) is 9.97 Å². The third kappa shape index (κ3) is 3.69. The van der Waals surface area contributed by atoms with E-state index in [2.05, 4.69) is 15.3 Å². The molecule has 0 aliphatic carbocycles. The molecule has 0 spiro atoms. The van der Waals surface area contributed by atoms with Crippen molar-refractivity contribution in [1.29, 1.82) is 0 Å². The molecule has 8 nitrogen and oxygen atoms in total. The highest BCUT2D eigenvalue weighted by Crippen LogP contribution is 2.45. The monoisotopic (exact) mass is 441 g/mol. The number of amides is 1. The predicted octanol–water partition coefficient (Wildman–Crippen LogP) is 4.13. The smallest absolute Gasteiger partial charge is 0.252 e. The summed E-state index contributed by atoms with van der Waals surface area (Å²) in [4.78, 5) is 21.9. The first-order valence-corrected chi connectivity index (χ1v) is 10.6. The molecule has 0 saturated carbocycles. The normalized spacial score (nSPS) is 15.1. The molecule has 2 N–H and O–H groups in total. The summed E-state index contributed by atoms with van der Waals surface area (Å²) >= 11 is 0. The molecule has 3 heterocycles. The number of ether oxygens (including phenoxy) is 1. The van der Waals surface area contributed by atoms with Gasteiger partial charge in [0.15, 0.2) is 11.5 Å². The number of hydrogen-bond donors (Lipinski definition) is 2. The van der Waals surface area contributed by atoms with Crippen molar-refractivity contribution in [2.45, 2.75) is 26.2 Å². The summed E-state index contributed by atoms with van der Waals surface area (Å²) in [6.07, 6.45) is 0.220. The second kappa shape index (κ2) is 8.05. The fourth-order valence-electron chi connectivity index (χ4n) is 4.32. The Hall–Kier alpha value is -4.20. The van der Waals surface area contributed by atoms with Crippen LogP contribution in [0.2, 0.25) is 0 Å². The molecule has 2 aromatic carbocycles. The third-order valence-electron chi connectivity index (χ3n) is 5.73. The van der Waals surface area contributed by atoms with Gasteiger partial charge >= 0.3 is 0 Å². The molecule has 0 fully saturated rings. The predicted molar refractivity (Wildman–Crippen MR) is 124 cm³/mol. The minimum Gasteiger partial charge on any atom is -0.504 e. The lowest BCUT2D eigenvalue weighted by Crippen LogP contribution is -2.25. The number of benzene rings is 2. The van der Waals surface area contributed by atoms with Crippen LogP contribution in [0.3, 0.4) is 0 Å². The van der Waals surface area contributed by atoms with E-state index < -0.39 is 0 Å². The number of aromatic nitrogens is 4. The van der Waals surface area contributed by atoms with Gasteiger partial charge < -0.3 is 15.2 Å². The molecule has 0 radical (unpaired) electrons. The fourth-order valence-corrected chi connectivity index (χ4v) is 4.32. The highest BCUT2D eigenvalue weighted by atomic mass is 16.5. The molecule has 4 aromatic rings. The van der Waals surface area contributed by atoms with Crippen molar-refractivity contribution in [3.05, 3.63) is 77.1 Å². The average Bonchev–Trinajstić information content (AvgIpc) is 3.18. The van der Waals surface area contributed by atoms with E-state index >= 15 is 0 Å². The average molecular weight is 441 g/mol. The number of rotatable bonds is 4. The zero-order valence-corrected chi connectivity index (χ0v) is 18.5. The van der Waals surface area contributed by atoms with Gasteiger partial charge in [0.25, 0.3) is 5.95 Å². The Balaban J connectivity index is 1.77. The second-order valence-electron chi connectivity index (χ2n) is 8.08. The Morgan fingerprint density at radius 1 is 1.06 bits per heavy atom. The lowest BCUT2D eigenvalue weighted by molar-refractivity contribution is -0.116. The van der Waals surface area contributed by atoms with E-state index in [1.165, 1.54) is 7.11 Å². The van der Waals surface area contributed by atoms with E-state index in [-0.39, 0.29) is 24.0 Å². The van der Waals surface area contributed by atoms with Gasteiger partial charge in [-0.3, -0.25) is 4.79 Å². The zero-order chi connectivity index (χ0) is 23.1. The minimum absolute atomic E-state index is 0.0221. The van der Waals surface area contributed by atoms with Crippen LogP contribution in [0.4, 0.5) is 5.82 Å². The Labute approximate surface area is 190 Å². The number of aromatic hydroxyl groups is 1. The number of phenols is 1. The Bertz CT molecular complexity index is 1340. The second-order valence-corrected chi connectivity index (χ2v) is 8.08. The Morgan fingerprint density at radius 2 is 1.79 bits per heavy atom. The maximum absolute atomic E-state index is 12.8. The standard InChI is InChI=1S/C25H23N5O3/c1-14-11-15(2)27-25(26-14)30-24-22(23(29-30)16-7-5-4-6-8-16)18(13-21(32)28-24)17-9-10-20(33-3)19(31)12-17/h4-12,18,31H,13H2,1-3H3,(H,28,32). The van der Waals surface area contributed by atoms with E-state index in [0.717, 1.165) is 33.8 Å². The number of nitrogens with one attached hydrogen (secondary N) is 1. The number of carbonyl (C=O) groups is 1. The van der Waals surface area contributed by atoms with Gasteiger partial charge in [-0.05, 0) is 37.6 Å². The molecule has 1 amide bonds. The van der Waals surface area contributed by atoms with Gasteiger partial charge in [-0.2, -0.15) is 9.78 Å². The van der Waals surface area contributed by atoms with Crippen LogP contribution < -0.4 is 10.1 Å². The molecule has 1 aliphatic rings. The van der Waals surface area contributed by atoms with E-state index in [9.17, 15) is 9.90 Å². The van der Waals surface area contributed by atoms with Crippen molar-refractivity contribution in [1.82, 2.24) is 19.7 Å². The number of fused-ring (bicyclic) bond motifs is 1. The number of phenolic OH excluding ortho intramolecular Hbond substituents is 1. The van der Waals surface area contributed by atoms with Crippen LogP contribution in [0.5, 0.6) is 11.5 Å². The lowest BCUT2D eigenvalue weighted by atomic mass is 9.84. The van der Waals surface area contributed by atoms with Crippen LogP contribution in [-0.2, 0) is 4.79 Å². The first-order valence-electron chi connectivity index (χ1n) is 10.6. The van der Waals surface area contributed by atoms with Gasteiger partial charge in [0, 0.05) is 34.9 Å². The minimum atomic E-state index is -0.319. The SMILES string of the molecule is COc1ccc(C2CC(=O)Nc3c2c(-c2ccccc2)nn3-c2nc(C)cc(C)n2)cc1O. The molecular weight excluding hydrogens is 418 g/mol. The Kier molecular flexibility index (Phi) is 5.05. The molecule has 0 saturated heterocycles. The number of hydrogen-bond acceptors (Lipinski definition) is 6. The quantitative estimate of drug-likeness (QED) is 0.494. The first-order chi connectivity index (χ1) is 15.9. The first kappa shape index (κ1) is 20.7. The van der Waals surface area contributed by atoms with E-state index in [4.69, 9.17) is 9.84 Å². The number of carbonyl (C=O) groups excluding carboxylic acids is 1. The van der Waals surface area contributed by atoms with Crippen molar-refractivity contribution in [3.63, 3.8) is 0 Å². The van der Waals surface area contributed by atoms with E-state index in [1.807, 2.05) is 56.3 Å². The molecule has 1 unspecified atom stereocenters. The molecule has 0 bridgehead atoms. The highest BCUT2D eigenvalue weighted by Gasteiger charge is 2.35. The summed E-state index contributed by atoms with van der Waals surface area (Å²) in [6.45, 7) is 3.79. The molecule has 5 rings (SSSR count). The summed E-state index contributed by atoms with van der Waals surface area (Å²) in [5.74, 6) is 0.865. The molecule has 1 aliphatic heterocycles. The molecule has 33 heavy (non-hydrogen) atoms. The summed E-state index contributed by atoms with van der Waals surface area (Å²) in [6, 6.07) is 16.9. The van der Waals surface area contributed by atoms with Crippen molar-refractivity contribution in [2.24, 2.45) is 0 Å². The Morgan fingerprint density at radius 3 is 2.45 bits per heavy atom. The molecular formula is C25H23N5O3. The van der Waals surface area contributed by atoms with Crippen LogP contribution in [0.15, 0.2) is 54.6 Å².